The van der Waals surface area contributed by atoms with Gasteiger partial charge in [-0.1, -0.05) is 0 Å². The number of pyridine rings is 1. The van der Waals surface area contributed by atoms with Crippen molar-refractivity contribution in [3.05, 3.63) is 35.0 Å². The van der Waals surface area contributed by atoms with Gasteiger partial charge in [0.2, 0.25) is 0 Å². The van der Waals surface area contributed by atoms with Crippen molar-refractivity contribution >= 4 is 39.1 Å². The fourth-order valence-electron chi connectivity index (χ4n) is 3.55. The zero-order chi connectivity index (χ0) is 18.9. The Labute approximate surface area is 167 Å². The van der Waals surface area contributed by atoms with Gasteiger partial charge < -0.3 is 10.4 Å². The number of thiophene rings is 1. The minimum atomic E-state index is -0.790. The molecule has 1 atom stereocenters. The first-order valence-electron chi connectivity index (χ1n) is 9.25. The molecule has 5 nitrogen and oxygen atoms in total. The summed E-state index contributed by atoms with van der Waals surface area (Å²) < 4.78 is 0. The first-order chi connectivity index (χ1) is 13.1. The average Bonchev–Trinajstić information content (AvgIpc) is 3.05. The Bertz CT molecular complexity index is 940. The maximum absolute atomic E-state index is 10.6. The van der Waals surface area contributed by atoms with Crippen LogP contribution in [-0.4, -0.2) is 44.2 Å². The van der Waals surface area contributed by atoms with E-state index in [1.807, 2.05) is 25.3 Å². The van der Waals surface area contributed by atoms with Crippen LogP contribution < -0.4 is 5.32 Å². The number of anilines is 1. The van der Waals surface area contributed by atoms with Crippen LogP contribution in [0.25, 0.3) is 21.6 Å². The van der Waals surface area contributed by atoms with Crippen molar-refractivity contribution in [3.8, 4) is 11.4 Å². The molecule has 1 unspecified atom stereocenters. The number of thioether (sulfide) groups is 1. The molecule has 3 aromatic rings. The first-order valence-corrected chi connectivity index (χ1v) is 11.5. The summed E-state index contributed by atoms with van der Waals surface area (Å²) in [5.41, 5.74) is 1.51. The summed E-state index contributed by atoms with van der Waals surface area (Å²) in [6, 6.07) is 3.88. The molecule has 3 aromatic heterocycles. The predicted molar refractivity (Wildman–Crippen MR) is 115 cm³/mol. The molecule has 1 aliphatic rings. The van der Waals surface area contributed by atoms with Gasteiger partial charge in [0.05, 0.1) is 11.0 Å². The molecule has 7 heteroatoms. The second-order valence-electron chi connectivity index (χ2n) is 7.31. The molecule has 0 amide bonds. The van der Waals surface area contributed by atoms with Crippen LogP contribution in [-0.2, 0) is 12.8 Å². The van der Waals surface area contributed by atoms with Crippen LogP contribution in [0.15, 0.2) is 24.5 Å². The molecule has 4 rings (SSSR count). The fourth-order valence-corrected chi connectivity index (χ4v) is 5.53. The Morgan fingerprint density at radius 3 is 2.93 bits per heavy atom. The zero-order valence-corrected chi connectivity index (χ0v) is 17.3. The minimum absolute atomic E-state index is 0.455. The second-order valence-corrected chi connectivity index (χ2v) is 9.26. The van der Waals surface area contributed by atoms with Crippen molar-refractivity contribution in [2.24, 2.45) is 0 Å². The minimum Gasteiger partial charge on any atom is -0.387 e. The van der Waals surface area contributed by atoms with Crippen LogP contribution in [0.2, 0.25) is 0 Å². The highest BCUT2D eigenvalue weighted by Crippen LogP contribution is 2.39. The van der Waals surface area contributed by atoms with Gasteiger partial charge in [-0.15, -0.1) is 11.3 Å². The van der Waals surface area contributed by atoms with E-state index in [1.165, 1.54) is 23.3 Å². The summed E-state index contributed by atoms with van der Waals surface area (Å²) >= 11 is 3.43. The van der Waals surface area contributed by atoms with Gasteiger partial charge in [-0.3, -0.25) is 4.98 Å². The van der Waals surface area contributed by atoms with Crippen LogP contribution >= 0.6 is 23.1 Å². The van der Waals surface area contributed by atoms with Gasteiger partial charge in [-0.05, 0) is 56.6 Å². The van der Waals surface area contributed by atoms with Gasteiger partial charge in [0.25, 0.3) is 0 Å². The molecule has 0 aliphatic heterocycles. The van der Waals surface area contributed by atoms with Crippen LogP contribution in [0.5, 0.6) is 0 Å². The molecule has 0 bridgehead atoms. The quantitative estimate of drug-likeness (QED) is 0.647. The molecule has 3 heterocycles. The fraction of sp³-hybridized carbons (Fsp3) is 0.450. The van der Waals surface area contributed by atoms with Gasteiger partial charge in [0, 0.05) is 35.1 Å². The molecule has 0 saturated carbocycles. The molecule has 0 fully saturated rings. The lowest BCUT2D eigenvalue weighted by Gasteiger charge is -2.23. The zero-order valence-electron chi connectivity index (χ0n) is 15.7. The highest BCUT2D eigenvalue weighted by atomic mass is 32.2. The number of nitrogens with one attached hydrogen (secondary N) is 1. The molecule has 27 heavy (non-hydrogen) atoms. The van der Waals surface area contributed by atoms with E-state index in [2.05, 4.69) is 10.3 Å². The number of aliphatic hydroxyl groups is 1. The lowest BCUT2D eigenvalue weighted by molar-refractivity contribution is 0.0996. The number of rotatable bonds is 6. The summed E-state index contributed by atoms with van der Waals surface area (Å²) in [7, 11) is 0. The van der Waals surface area contributed by atoms with E-state index in [0.29, 0.717) is 18.1 Å². The maximum Gasteiger partial charge on any atom is 0.164 e. The van der Waals surface area contributed by atoms with E-state index >= 15 is 0 Å². The average molecular weight is 401 g/mol. The van der Waals surface area contributed by atoms with E-state index in [-0.39, 0.29) is 0 Å². The lowest BCUT2D eigenvalue weighted by atomic mass is 9.97. The number of hydrogen-bond donors (Lipinski definition) is 2. The van der Waals surface area contributed by atoms with Crippen LogP contribution in [0.3, 0.4) is 0 Å². The third-order valence-electron chi connectivity index (χ3n) is 4.83. The van der Waals surface area contributed by atoms with Crippen molar-refractivity contribution < 1.29 is 5.11 Å². The lowest BCUT2D eigenvalue weighted by Crippen LogP contribution is -2.36. The third-order valence-corrected chi connectivity index (χ3v) is 6.92. The molecule has 2 N–H and O–H groups in total. The summed E-state index contributed by atoms with van der Waals surface area (Å²) in [6.07, 6.45) is 10.2. The SMILES string of the molecule is CSCC(C)(O)CNc1nc(-c2cccnc2)nc2sc3c(c12)CCCC3. The van der Waals surface area contributed by atoms with E-state index < -0.39 is 5.60 Å². The summed E-state index contributed by atoms with van der Waals surface area (Å²) in [4.78, 5) is 16.4. The number of hydrogen-bond acceptors (Lipinski definition) is 7. The molecule has 1 aliphatic carbocycles. The van der Waals surface area contributed by atoms with Crippen molar-refractivity contribution in [1.82, 2.24) is 15.0 Å². The first kappa shape index (κ1) is 18.7. The predicted octanol–water partition coefficient (Wildman–Crippen LogP) is 4.16. The number of nitrogens with zero attached hydrogens (tertiary/aromatic N) is 3. The number of aromatic nitrogens is 3. The maximum atomic E-state index is 10.6. The number of aryl methyl sites for hydroxylation is 2. The van der Waals surface area contributed by atoms with Crippen LogP contribution in [0.4, 0.5) is 5.82 Å². The standard InChI is InChI=1S/C20H24N4OS2/c1-20(25,12-26-2)11-22-18-16-14-7-3-4-8-15(14)27-19(16)24-17(23-18)13-6-5-9-21-10-13/h5-6,9-10,25H,3-4,7-8,11-12H2,1-2H3,(H,22,23,24). The van der Waals surface area contributed by atoms with Crippen molar-refractivity contribution in [2.75, 3.05) is 23.9 Å². The number of fused-ring (bicyclic) bond motifs is 3. The van der Waals surface area contributed by atoms with Gasteiger partial charge in [0.15, 0.2) is 5.82 Å². The molecule has 0 aromatic carbocycles. The van der Waals surface area contributed by atoms with Gasteiger partial charge in [0.1, 0.15) is 10.6 Å². The Morgan fingerprint density at radius 2 is 2.15 bits per heavy atom. The summed E-state index contributed by atoms with van der Waals surface area (Å²) in [5, 5.41) is 15.2. The molecule has 0 saturated heterocycles. The van der Waals surface area contributed by atoms with E-state index in [4.69, 9.17) is 9.97 Å². The third kappa shape index (κ3) is 3.95. The summed E-state index contributed by atoms with van der Waals surface area (Å²) in [6.45, 7) is 2.32. The molecule has 0 spiro atoms. The van der Waals surface area contributed by atoms with Gasteiger partial charge >= 0.3 is 0 Å². The van der Waals surface area contributed by atoms with E-state index in [0.717, 1.165) is 34.4 Å². The molecular formula is C20H24N4OS2. The van der Waals surface area contributed by atoms with Gasteiger partial charge in [-0.2, -0.15) is 11.8 Å². The monoisotopic (exact) mass is 400 g/mol. The van der Waals surface area contributed by atoms with Gasteiger partial charge in [-0.25, -0.2) is 9.97 Å². The van der Waals surface area contributed by atoms with Crippen molar-refractivity contribution in [3.63, 3.8) is 0 Å². The topological polar surface area (TPSA) is 70.9 Å². The molecule has 142 valence electrons. The highest BCUT2D eigenvalue weighted by molar-refractivity contribution is 7.98. The summed E-state index contributed by atoms with van der Waals surface area (Å²) in [5.74, 6) is 2.19. The largest absolute Gasteiger partial charge is 0.387 e. The highest BCUT2D eigenvalue weighted by Gasteiger charge is 2.24. The van der Waals surface area contributed by atoms with Crippen molar-refractivity contribution in [2.45, 2.75) is 38.2 Å². The smallest absolute Gasteiger partial charge is 0.164 e. The second kappa shape index (κ2) is 7.73. The normalized spacial score (nSPS) is 16.1. The Morgan fingerprint density at radius 1 is 1.30 bits per heavy atom. The molecular weight excluding hydrogens is 376 g/mol. The van der Waals surface area contributed by atoms with Crippen molar-refractivity contribution in [1.29, 1.82) is 0 Å². The Hall–Kier alpha value is -1.70. The van der Waals surface area contributed by atoms with Crippen LogP contribution in [0, 0.1) is 0 Å². The van der Waals surface area contributed by atoms with E-state index in [9.17, 15) is 5.11 Å². The Balaban J connectivity index is 1.79. The molecule has 0 radical (unpaired) electrons. The van der Waals surface area contributed by atoms with Crippen LogP contribution in [0.1, 0.15) is 30.2 Å². The Kier molecular flexibility index (Phi) is 5.34. The van der Waals surface area contributed by atoms with E-state index in [1.54, 1.807) is 35.5 Å².